The van der Waals surface area contributed by atoms with Crippen LogP contribution in [-0.2, 0) is 0 Å². The van der Waals surface area contributed by atoms with Gasteiger partial charge in [-0.2, -0.15) is 0 Å². The molecule has 2 N–H and O–H groups in total. The Morgan fingerprint density at radius 2 is 1.33 bits per heavy atom. The number of aliphatic hydroxyl groups is 2. The highest BCUT2D eigenvalue weighted by Gasteiger charge is 2.19. The molecule has 0 amide bonds. The molecule has 1 unspecified atom stereocenters. The van der Waals surface area contributed by atoms with Crippen LogP contribution in [0.3, 0.4) is 0 Å². The molecule has 0 aromatic heterocycles. The van der Waals surface area contributed by atoms with E-state index in [2.05, 4.69) is 13.8 Å². The Labute approximate surface area is 115 Å². The zero-order valence-electron chi connectivity index (χ0n) is 13.3. The molecule has 0 aliphatic carbocycles. The molecule has 0 aromatic rings. The van der Waals surface area contributed by atoms with Crippen molar-refractivity contribution in [3.8, 4) is 0 Å². The number of rotatable bonds is 9. The lowest BCUT2D eigenvalue weighted by Gasteiger charge is -2.24. The summed E-state index contributed by atoms with van der Waals surface area (Å²) >= 11 is 0. The van der Waals surface area contributed by atoms with Crippen LogP contribution in [0.1, 0.15) is 79.6 Å². The highest BCUT2D eigenvalue weighted by molar-refractivity contribution is 4.69. The molecule has 0 radical (unpaired) electrons. The third kappa shape index (κ3) is 15.9. The van der Waals surface area contributed by atoms with Crippen LogP contribution in [0.5, 0.6) is 0 Å². The number of aliphatic hydroxyl groups excluding tert-OH is 2. The fourth-order valence-electron chi connectivity index (χ4n) is 1.93. The van der Waals surface area contributed by atoms with E-state index in [1.165, 1.54) is 38.5 Å². The van der Waals surface area contributed by atoms with Gasteiger partial charge in [0.15, 0.2) is 0 Å². The molecule has 2 nitrogen and oxygen atoms in total. The van der Waals surface area contributed by atoms with Crippen LogP contribution >= 0.6 is 0 Å². The molecule has 0 fully saturated rings. The van der Waals surface area contributed by atoms with E-state index < -0.39 is 0 Å². The summed E-state index contributed by atoms with van der Waals surface area (Å²) in [6.45, 7) is 10.9. The molecule has 0 spiro atoms. The molecule has 1 atom stereocenters. The minimum atomic E-state index is -0.0395. The fourth-order valence-corrected chi connectivity index (χ4v) is 1.93. The van der Waals surface area contributed by atoms with Crippen LogP contribution < -0.4 is 0 Å². The highest BCUT2D eigenvalue weighted by Crippen LogP contribution is 2.23. The Morgan fingerprint density at radius 3 is 1.61 bits per heavy atom. The predicted molar refractivity (Wildman–Crippen MR) is 80.8 cm³/mol. The summed E-state index contributed by atoms with van der Waals surface area (Å²) < 4.78 is 0. The molecule has 0 saturated heterocycles. The van der Waals surface area contributed by atoms with Gasteiger partial charge in [0.1, 0.15) is 0 Å². The van der Waals surface area contributed by atoms with Gasteiger partial charge in [-0.1, -0.05) is 73.1 Å². The second-order valence-corrected chi connectivity index (χ2v) is 6.23. The normalized spacial score (nSPS) is 12.8. The first-order chi connectivity index (χ1) is 8.43. The molecule has 0 heterocycles. The molecule has 0 rings (SSSR count). The molecule has 0 aromatic carbocycles. The Morgan fingerprint density at radius 1 is 0.889 bits per heavy atom. The van der Waals surface area contributed by atoms with Gasteiger partial charge < -0.3 is 10.2 Å². The maximum Gasteiger partial charge on any atom is 0.0482 e. The van der Waals surface area contributed by atoms with Crippen LogP contribution in [0.2, 0.25) is 0 Å². The molecule has 18 heavy (non-hydrogen) atoms. The van der Waals surface area contributed by atoms with E-state index in [1.807, 2.05) is 20.8 Å². The Kier molecular flexibility index (Phi) is 15.0. The zero-order valence-corrected chi connectivity index (χ0v) is 13.3. The van der Waals surface area contributed by atoms with Gasteiger partial charge in [-0.05, 0) is 17.8 Å². The lowest BCUT2D eigenvalue weighted by atomic mass is 9.84. The SMILES string of the molecule is CC(CO)CC(C)(C)CO.CCCCCCCC. The van der Waals surface area contributed by atoms with Crippen molar-refractivity contribution in [2.24, 2.45) is 11.3 Å². The standard InChI is InChI=1S/C8H18O2.C8H18/c1-7(5-9)4-8(2,3)6-10;1-3-5-7-8-6-4-2/h7,9-10H,4-6H2,1-3H3;3-8H2,1-2H3. The third-order valence-corrected chi connectivity index (χ3v) is 3.10. The van der Waals surface area contributed by atoms with Crippen molar-refractivity contribution in [1.82, 2.24) is 0 Å². The minimum Gasteiger partial charge on any atom is -0.396 e. The third-order valence-electron chi connectivity index (χ3n) is 3.10. The van der Waals surface area contributed by atoms with E-state index in [0.717, 1.165) is 6.42 Å². The van der Waals surface area contributed by atoms with Crippen LogP contribution in [0.15, 0.2) is 0 Å². The van der Waals surface area contributed by atoms with E-state index in [1.54, 1.807) is 0 Å². The van der Waals surface area contributed by atoms with Gasteiger partial charge in [0.2, 0.25) is 0 Å². The summed E-state index contributed by atoms with van der Waals surface area (Å²) in [5, 5.41) is 17.6. The zero-order chi connectivity index (χ0) is 14.4. The fraction of sp³-hybridized carbons (Fsp3) is 1.00. The van der Waals surface area contributed by atoms with Crippen molar-refractivity contribution < 1.29 is 10.2 Å². The van der Waals surface area contributed by atoms with Gasteiger partial charge >= 0.3 is 0 Å². The molecule has 112 valence electrons. The maximum absolute atomic E-state index is 8.86. The van der Waals surface area contributed by atoms with Gasteiger partial charge in [0, 0.05) is 13.2 Å². The Bertz CT molecular complexity index is 149. The van der Waals surface area contributed by atoms with E-state index in [-0.39, 0.29) is 18.6 Å². The topological polar surface area (TPSA) is 40.5 Å². The quantitative estimate of drug-likeness (QED) is 0.604. The summed E-state index contributed by atoms with van der Waals surface area (Å²) in [6.07, 6.45) is 9.36. The summed E-state index contributed by atoms with van der Waals surface area (Å²) in [5.41, 5.74) is -0.0395. The van der Waals surface area contributed by atoms with Crippen molar-refractivity contribution in [1.29, 1.82) is 0 Å². The average Bonchev–Trinajstić information content (AvgIpc) is 2.35. The Balaban J connectivity index is 0. The van der Waals surface area contributed by atoms with Crippen molar-refractivity contribution in [3.05, 3.63) is 0 Å². The van der Waals surface area contributed by atoms with Gasteiger partial charge in [-0.3, -0.25) is 0 Å². The van der Waals surface area contributed by atoms with Crippen LogP contribution in [0.4, 0.5) is 0 Å². The monoisotopic (exact) mass is 260 g/mol. The second kappa shape index (κ2) is 13.4. The van der Waals surface area contributed by atoms with Gasteiger partial charge in [0.25, 0.3) is 0 Å². The molecule has 2 heteroatoms. The van der Waals surface area contributed by atoms with E-state index in [0.29, 0.717) is 5.92 Å². The van der Waals surface area contributed by atoms with E-state index >= 15 is 0 Å². The van der Waals surface area contributed by atoms with Crippen molar-refractivity contribution >= 4 is 0 Å². The van der Waals surface area contributed by atoms with Crippen LogP contribution in [-0.4, -0.2) is 23.4 Å². The summed E-state index contributed by atoms with van der Waals surface area (Å²) in [4.78, 5) is 0. The van der Waals surface area contributed by atoms with Crippen LogP contribution in [0.25, 0.3) is 0 Å². The summed E-state index contributed by atoms with van der Waals surface area (Å²) in [5.74, 6) is 0.294. The Hall–Kier alpha value is -0.0800. The number of hydrogen-bond acceptors (Lipinski definition) is 2. The van der Waals surface area contributed by atoms with Crippen molar-refractivity contribution in [2.75, 3.05) is 13.2 Å². The second-order valence-electron chi connectivity index (χ2n) is 6.23. The summed E-state index contributed by atoms with van der Waals surface area (Å²) in [6, 6.07) is 0. The number of hydrogen-bond donors (Lipinski definition) is 2. The first-order valence-corrected chi connectivity index (χ1v) is 7.65. The molecule has 0 saturated carbocycles. The molecular formula is C16H36O2. The lowest BCUT2D eigenvalue weighted by molar-refractivity contribution is 0.113. The molecule has 0 bridgehead atoms. The first kappa shape index (κ1) is 20.2. The average molecular weight is 260 g/mol. The molecule has 0 aliphatic rings. The summed E-state index contributed by atoms with van der Waals surface area (Å²) in [7, 11) is 0. The molecule has 0 aliphatic heterocycles. The van der Waals surface area contributed by atoms with Gasteiger partial charge in [0.05, 0.1) is 0 Å². The minimum absolute atomic E-state index is 0.0395. The smallest absolute Gasteiger partial charge is 0.0482 e. The first-order valence-electron chi connectivity index (χ1n) is 7.65. The van der Waals surface area contributed by atoms with Gasteiger partial charge in [-0.25, -0.2) is 0 Å². The van der Waals surface area contributed by atoms with Crippen molar-refractivity contribution in [2.45, 2.75) is 79.6 Å². The largest absolute Gasteiger partial charge is 0.396 e. The molecular weight excluding hydrogens is 224 g/mol. The number of unbranched alkanes of at least 4 members (excludes halogenated alkanes) is 5. The highest BCUT2D eigenvalue weighted by atomic mass is 16.3. The van der Waals surface area contributed by atoms with Crippen LogP contribution in [0, 0.1) is 11.3 Å². The lowest BCUT2D eigenvalue weighted by Crippen LogP contribution is -2.21. The predicted octanol–water partition coefficient (Wildman–Crippen LogP) is 4.39. The maximum atomic E-state index is 8.86. The van der Waals surface area contributed by atoms with E-state index in [9.17, 15) is 0 Å². The van der Waals surface area contributed by atoms with Gasteiger partial charge in [-0.15, -0.1) is 0 Å². The van der Waals surface area contributed by atoms with Crippen molar-refractivity contribution in [3.63, 3.8) is 0 Å². The van der Waals surface area contributed by atoms with E-state index in [4.69, 9.17) is 10.2 Å².